The van der Waals surface area contributed by atoms with Crippen LogP contribution in [0.1, 0.15) is 5.56 Å². The molecular weight excluding hydrogens is 132 g/mol. The first-order chi connectivity index (χ1) is 3.80. The maximum atomic E-state index is 8.92. The predicted octanol–water partition coefficient (Wildman–Crippen LogP) is 1.81. The van der Waals surface area contributed by atoms with Crippen molar-refractivity contribution >= 4 is 13.5 Å². The van der Waals surface area contributed by atoms with E-state index in [1.807, 2.05) is 25.1 Å². The van der Waals surface area contributed by atoms with Crippen molar-refractivity contribution in [2.24, 2.45) is 0 Å². The molecule has 9 heavy (non-hydrogen) atoms. The van der Waals surface area contributed by atoms with Crippen LogP contribution < -0.4 is 0 Å². The summed E-state index contributed by atoms with van der Waals surface area (Å²) < 4.78 is 0. The van der Waals surface area contributed by atoms with Gasteiger partial charge in [0.2, 0.25) is 0 Å². The molecule has 0 aliphatic heterocycles. The zero-order chi connectivity index (χ0) is 5.98. The Balaban J connectivity index is 0.000000640. The van der Waals surface area contributed by atoms with Crippen LogP contribution in [0, 0.1) is 6.92 Å². The highest BCUT2D eigenvalue weighted by Crippen LogP contribution is 2.12. The van der Waals surface area contributed by atoms with E-state index in [2.05, 4.69) is 0 Å². The molecule has 2 heteroatoms. The molecule has 1 N–H and O–H groups in total. The van der Waals surface area contributed by atoms with Crippen molar-refractivity contribution < 1.29 is 5.11 Å². The molecule has 0 atom stereocenters. The number of hydrogen-bond donors (Lipinski definition) is 1. The summed E-state index contributed by atoms with van der Waals surface area (Å²) in [6.07, 6.45) is 0. The molecule has 1 nitrogen and oxygen atoms in total. The summed E-state index contributed by atoms with van der Waals surface area (Å²) in [5.41, 5.74) is 0.924. The van der Waals surface area contributed by atoms with Gasteiger partial charge in [0.1, 0.15) is 5.75 Å². The van der Waals surface area contributed by atoms with E-state index in [0.717, 1.165) is 5.56 Å². The highest BCUT2D eigenvalue weighted by molar-refractivity contribution is 7.59. The molecule has 0 saturated carbocycles. The van der Waals surface area contributed by atoms with Gasteiger partial charge in [0, 0.05) is 0 Å². The van der Waals surface area contributed by atoms with Crippen LogP contribution in [0.4, 0.5) is 0 Å². The van der Waals surface area contributed by atoms with Crippen LogP contribution in [0.3, 0.4) is 0 Å². The van der Waals surface area contributed by atoms with E-state index in [9.17, 15) is 0 Å². The van der Waals surface area contributed by atoms with E-state index >= 15 is 0 Å². The molecular formula is C7H10OS. The van der Waals surface area contributed by atoms with Gasteiger partial charge >= 0.3 is 0 Å². The van der Waals surface area contributed by atoms with Gasteiger partial charge in [-0.15, -0.1) is 0 Å². The smallest absolute Gasteiger partial charge is 0.118 e. The lowest BCUT2D eigenvalue weighted by molar-refractivity contribution is 0.471. The molecule has 0 bridgehead atoms. The van der Waals surface area contributed by atoms with Crippen molar-refractivity contribution in [1.29, 1.82) is 0 Å². The van der Waals surface area contributed by atoms with Crippen molar-refractivity contribution in [3.63, 3.8) is 0 Å². The predicted molar refractivity (Wildman–Crippen MR) is 43.2 cm³/mol. The Morgan fingerprint density at radius 1 is 1.22 bits per heavy atom. The molecule has 0 aliphatic rings. The molecule has 50 valence electrons. The fourth-order valence-corrected chi connectivity index (χ4v) is 0.563. The van der Waals surface area contributed by atoms with Gasteiger partial charge in [-0.25, -0.2) is 0 Å². The van der Waals surface area contributed by atoms with E-state index in [0.29, 0.717) is 5.75 Å². The molecule has 0 radical (unpaired) electrons. The SMILES string of the molecule is Cc1ccccc1O.S. The minimum absolute atomic E-state index is 0. The highest BCUT2D eigenvalue weighted by atomic mass is 32.1. The van der Waals surface area contributed by atoms with Crippen molar-refractivity contribution in [3.05, 3.63) is 29.8 Å². The highest BCUT2D eigenvalue weighted by Gasteiger charge is 1.86. The molecule has 0 spiro atoms. The summed E-state index contributed by atoms with van der Waals surface area (Å²) in [5.74, 6) is 0.368. The van der Waals surface area contributed by atoms with Gasteiger partial charge in [-0.05, 0) is 18.6 Å². The van der Waals surface area contributed by atoms with Crippen molar-refractivity contribution in [1.82, 2.24) is 0 Å². The first-order valence-electron chi connectivity index (χ1n) is 2.55. The van der Waals surface area contributed by atoms with Crippen LogP contribution in [-0.2, 0) is 0 Å². The van der Waals surface area contributed by atoms with Gasteiger partial charge in [0.15, 0.2) is 0 Å². The van der Waals surface area contributed by atoms with Crippen LogP contribution in [0.2, 0.25) is 0 Å². The summed E-state index contributed by atoms with van der Waals surface area (Å²) >= 11 is 0. The number of phenolic OH excluding ortho intramolecular Hbond substituents is 1. The van der Waals surface area contributed by atoms with E-state index in [-0.39, 0.29) is 13.5 Å². The minimum atomic E-state index is 0. The Kier molecular flexibility index (Phi) is 3.17. The van der Waals surface area contributed by atoms with Crippen LogP contribution in [0.25, 0.3) is 0 Å². The molecule has 0 unspecified atom stereocenters. The number of aryl methyl sites for hydroxylation is 1. The Morgan fingerprint density at radius 3 is 2.11 bits per heavy atom. The Labute approximate surface area is 61.8 Å². The average molecular weight is 142 g/mol. The summed E-state index contributed by atoms with van der Waals surface area (Å²) in [6, 6.07) is 7.25. The van der Waals surface area contributed by atoms with E-state index in [1.54, 1.807) is 6.07 Å². The standard InChI is InChI=1S/C7H8O.H2S/c1-6-4-2-3-5-7(6)8;/h2-5,8H,1H3;1H2. The Bertz CT molecular complexity index is 165. The number of benzene rings is 1. The lowest BCUT2D eigenvalue weighted by Gasteiger charge is -1.92. The average Bonchev–Trinajstić information content (AvgIpc) is 1.77. The summed E-state index contributed by atoms with van der Waals surface area (Å²) in [4.78, 5) is 0. The van der Waals surface area contributed by atoms with Gasteiger partial charge in [-0.2, -0.15) is 13.5 Å². The molecule has 0 amide bonds. The van der Waals surface area contributed by atoms with Gasteiger partial charge in [-0.1, -0.05) is 18.2 Å². The normalized spacial score (nSPS) is 8.11. The molecule has 0 aromatic heterocycles. The molecule has 1 aromatic carbocycles. The van der Waals surface area contributed by atoms with E-state index in [1.165, 1.54) is 0 Å². The topological polar surface area (TPSA) is 20.2 Å². The van der Waals surface area contributed by atoms with Crippen LogP contribution in [-0.4, -0.2) is 5.11 Å². The third kappa shape index (κ3) is 1.98. The maximum absolute atomic E-state index is 8.92. The first-order valence-corrected chi connectivity index (χ1v) is 2.55. The fraction of sp³-hybridized carbons (Fsp3) is 0.143. The van der Waals surface area contributed by atoms with Gasteiger partial charge in [0.05, 0.1) is 0 Å². The third-order valence-corrected chi connectivity index (χ3v) is 1.12. The molecule has 1 rings (SSSR count). The number of para-hydroxylation sites is 1. The quantitative estimate of drug-likeness (QED) is 0.585. The molecule has 0 fully saturated rings. The second kappa shape index (κ2) is 3.41. The molecule has 0 aliphatic carbocycles. The fourth-order valence-electron chi connectivity index (χ4n) is 0.563. The van der Waals surface area contributed by atoms with Gasteiger partial charge in [0.25, 0.3) is 0 Å². The van der Waals surface area contributed by atoms with Gasteiger partial charge in [-0.3, -0.25) is 0 Å². The van der Waals surface area contributed by atoms with E-state index < -0.39 is 0 Å². The number of phenols is 1. The Morgan fingerprint density at radius 2 is 1.78 bits per heavy atom. The Hall–Kier alpha value is -0.630. The number of rotatable bonds is 0. The molecule has 1 aromatic rings. The largest absolute Gasteiger partial charge is 0.508 e. The van der Waals surface area contributed by atoms with Crippen LogP contribution in [0.15, 0.2) is 24.3 Å². The first kappa shape index (κ1) is 8.37. The third-order valence-electron chi connectivity index (χ3n) is 1.12. The zero-order valence-corrected chi connectivity index (χ0v) is 6.26. The van der Waals surface area contributed by atoms with Crippen molar-refractivity contribution in [2.45, 2.75) is 6.92 Å². The maximum Gasteiger partial charge on any atom is 0.118 e. The minimum Gasteiger partial charge on any atom is -0.508 e. The van der Waals surface area contributed by atoms with Gasteiger partial charge < -0.3 is 5.11 Å². The second-order valence-corrected chi connectivity index (χ2v) is 1.79. The van der Waals surface area contributed by atoms with Crippen molar-refractivity contribution in [2.75, 3.05) is 0 Å². The summed E-state index contributed by atoms with van der Waals surface area (Å²) in [5, 5.41) is 8.92. The lowest BCUT2D eigenvalue weighted by atomic mass is 10.2. The monoisotopic (exact) mass is 142 g/mol. The number of aromatic hydroxyl groups is 1. The van der Waals surface area contributed by atoms with E-state index in [4.69, 9.17) is 5.11 Å². The molecule has 0 heterocycles. The lowest BCUT2D eigenvalue weighted by Crippen LogP contribution is -1.68. The van der Waals surface area contributed by atoms with Crippen LogP contribution in [0.5, 0.6) is 5.75 Å². The van der Waals surface area contributed by atoms with Crippen LogP contribution >= 0.6 is 13.5 Å². The van der Waals surface area contributed by atoms with Crippen molar-refractivity contribution in [3.8, 4) is 5.75 Å². The summed E-state index contributed by atoms with van der Waals surface area (Å²) in [6.45, 7) is 1.87. The molecule has 0 saturated heterocycles. The second-order valence-electron chi connectivity index (χ2n) is 1.79. The summed E-state index contributed by atoms with van der Waals surface area (Å²) in [7, 11) is 0. The zero-order valence-electron chi connectivity index (χ0n) is 5.26. The number of hydrogen-bond acceptors (Lipinski definition) is 1.